The third-order valence-electron chi connectivity index (χ3n) is 3.06. The zero-order chi connectivity index (χ0) is 13.3. The highest BCUT2D eigenvalue weighted by atomic mass is 79.9. The number of nitrogens with one attached hydrogen (secondary N) is 1. The lowest BCUT2D eigenvalue weighted by Gasteiger charge is -2.12. The number of rotatable bonds is 3. The molecule has 0 aliphatic carbocycles. The van der Waals surface area contributed by atoms with Crippen molar-refractivity contribution < 1.29 is 8.42 Å². The summed E-state index contributed by atoms with van der Waals surface area (Å²) >= 11 is 3.18. The van der Waals surface area contributed by atoms with Crippen LogP contribution in [-0.2, 0) is 16.9 Å². The van der Waals surface area contributed by atoms with Gasteiger partial charge in [0.1, 0.15) is 4.47 Å². The maximum Gasteiger partial charge on any atom is 0.282 e. The maximum absolute atomic E-state index is 11.7. The van der Waals surface area contributed by atoms with Crippen LogP contribution in [-0.4, -0.2) is 35.7 Å². The van der Waals surface area contributed by atoms with Crippen LogP contribution in [0.3, 0.4) is 0 Å². The van der Waals surface area contributed by atoms with Crippen molar-refractivity contribution in [2.45, 2.75) is 18.1 Å². The van der Waals surface area contributed by atoms with Crippen molar-refractivity contribution in [1.82, 2.24) is 9.78 Å². The Morgan fingerprint density at radius 1 is 1.61 bits per heavy atom. The molecular formula is C10H14BrN3O3S. The summed E-state index contributed by atoms with van der Waals surface area (Å²) in [5.74, 6) is 0.259. The van der Waals surface area contributed by atoms with Crippen LogP contribution in [0.5, 0.6) is 0 Å². The van der Waals surface area contributed by atoms with E-state index in [2.05, 4.69) is 26.3 Å². The Hall–Kier alpha value is -0.890. The smallest absolute Gasteiger partial charge is 0.282 e. The number of anilines is 1. The minimum Gasteiger partial charge on any atom is -0.381 e. The topological polar surface area (TPSA) is 81.1 Å². The van der Waals surface area contributed by atoms with Gasteiger partial charge in [0.2, 0.25) is 0 Å². The van der Waals surface area contributed by atoms with Gasteiger partial charge < -0.3 is 5.32 Å². The van der Waals surface area contributed by atoms with Crippen molar-refractivity contribution in [2.24, 2.45) is 7.05 Å². The van der Waals surface area contributed by atoms with Gasteiger partial charge in [0.25, 0.3) is 5.56 Å². The Morgan fingerprint density at radius 2 is 2.33 bits per heavy atom. The van der Waals surface area contributed by atoms with Crippen molar-refractivity contribution >= 4 is 31.5 Å². The molecule has 1 aromatic heterocycles. The molecule has 2 rings (SSSR count). The standard InChI is InChI=1S/C10H14BrN3O3S/c1-14-10(15)9(11)8(6-13-14)12-5-7-3-2-4-18(7,16)17/h6-7,12H,2-5H2,1H3. The van der Waals surface area contributed by atoms with Crippen LogP contribution < -0.4 is 10.9 Å². The lowest BCUT2D eigenvalue weighted by Crippen LogP contribution is -2.27. The lowest BCUT2D eigenvalue weighted by atomic mass is 10.2. The molecule has 8 heteroatoms. The summed E-state index contributed by atoms with van der Waals surface area (Å²) in [7, 11) is -1.42. The highest BCUT2D eigenvalue weighted by molar-refractivity contribution is 9.10. The molecule has 0 spiro atoms. The van der Waals surface area contributed by atoms with Gasteiger partial charge in [-0.1, -0.05) is 0 Å². The molecule has 1 unspecified atom stereocenters. The molecule has 2 heterocycles. The second-order valence-electron chi connectivity index (χ2n) is 4.31. The number of aryl methyl sites for hydroxylation is 1. The van der Waals surface area contributed by atoms with Gasteiger partial charge >= 0.3 is 0 Å². The molecule has 100 valence electrons. The van der Waals surface area contributed by atoms with Crippen molar-refractivity contribution in [3.05, 3.63) is 21.0 Å². The Morgan fingerprint density at radius 3 is 2.94 bits per heavy atom. The van der Waals surface area contributed by atoms with E-state index in [1.165, 1.54) is 10.9 Å². The highest BCUT2D eigenvalue weighted by Crippen LogP contribution is 2.22. The zero-order valence-electron chi connectivity index (χ0n) is 9.89. The number of aromatic nitrogens is 2. The minimum atomic E-state index is -2.97. The van der Waals surface area contributed by atoms with Gasteiger partial charge in [0, 0.05) is 13.6 Å². The van der Waals surface area contributed by atoms with E-state index < -0.39 is 9.84 Å². The van der Waals surface area contributed by atoms with E-state index in [0.717, 1.165) is 0 Å². The van der Waals surface area contributed by atoms with Gasteiger partial charge in [-0.25, -0.2) is 13.1 Å². The first-order valence-corrected chi connectivity index (χ1v) is 8.10. The van der Waals surface area contributed by atoms with E-state index >= 15 is 0 Å². The fourth-order valence-electron chi connectivity index (χ4n) is 1.95. The summed E-state index contributed by atoms with van der Waals surface area (Å²) in [4.78, 5) is 11.6. The predicted octanol–water partition coefficient (Wildman–Crippen LogP) is 0.532. The quantitative estimate of drug-likeness (QED) is 0.871. The van der Waals surface area contributed by atoms with Gasteiger partial charge in [0.05, 0.1) is 22.9 Å². The van der Waals surface area contributed by atoms with E-state index in [0.29, 0.717) is 29.5 Å². The molecule has 18 heavy (non-hydrogen) atoms. The first-order chi connectivity index (χ1) is 8.42. The van der Waals surface area contributed by atoms with Gasteiger partial charge in [-0.2, -0.15) is 5.10 Å². The molecule has 0 radical (unpaired) electrons. The fourth-order valence-corrected chi connectivity index (χ4v) is 4.21. The Bertz CT molecular complexity index is 611. The van der Waals surface area contributed by atoms with E-state index in [-0.39, 0.29) is 16.6 Å². The third-order valence-corrected chi connectivity index (χ3v) is 6.10. The maximum atomic E-state index is 11.7. The van der Waals surface area contributed by atoms with Crippen molar-refractivity contribution in [2.75, 3.05) is 17.6 Å². The number of nitrogens with zero attached hydrogens (tertiary/aromatic N) is 2. The molecule has 0 saturated carbocycles. The number of hydrogen-bond donors (Lipinski definition) is 1. The molecule has 1 saturated heterocycles. The normalized spacial score (nSPS) is 22.0. The summed E-state index contributed by atoms with van der Waals surface area (Å²) < 4.78 is 24.9. The van der Waals surface area contributed by atoms with Gasteiger partial charge in [-0.3, -0.25) is 4.79 Å². The van der Waals surface area contributed by atoms with Gasteiger partial charge in [0.15, 0.2) is 9.84 Å². The lowest BCUT2D eigenvalue weighted by molar-refractivity contribution is 0.591. The van der Waals surface area contributed by atoms with Crippen LogP contribution >= 0.6 is 15.9 Å². The number of hydrogen-bond acceptors (Lipinski definition) is 5. The molecule has 0 amide bonds. The average Bonchev–Trinajstić information content (AvgIpc) is 2.65. The minimum absolute atomic E-state index is 0.255. The Labute approximate surface area is 113 Å². The van der Waals surface area contributed by atoms with Crippen molar-refractivity contribution in [3.63, 3.8) is 0 Å². The zero-order valence-corrected chi connectivity index (χ0v) is 12.3. The molecule has 1 atom stereocenters. The molecular weight excluding hydrogens is 322 g/mol. The third kappa shape index (κ3) is 2.59. The average molecular weight is 336 g/mol. The second-order valence-corrected chi connectivity index (χ2v) is 7.51. The van der Waals surface area contributed by atoms with Crippen molar-refractivity contribution in [1.29, 1.82) is 0 Å². The first-order valence-electron chi connectivity index (χ1n) is 5.59. The second kappa shape index (κ2) is 5.00. The van der Waals surface area contributed by atoms with E-state index in [4.69, 9.17) is 0 Å². The van der Waals surface area contributed by atoms with Crippen LogP contribution in [0.15, 0.2) is 15.5 Å². The van der Waals surface area contributed by atoms with Gasteiger partial charge in [-0.15, -0.1) is 0 Å². The molecule has 1 aliphatic heterocycles. The van der Waals surface area contributed by atoms with Crippen molar-refractivity contribution in [3.8, 4) is 0 Å². The van der Waals surface area contributed by atoms with Crippen LogP contribution in [0.25, 0.3) is 0 Å². The SMILES string of the molecule is Cn1ncc(NCC2CCCS2(=O)=O)c(Br)c1=O. The summed E-state index contributed by atoms with van der Waals surface area (Å²) in [6, 6.07) is 0. The summed E-state index contributed by atoms with van der Waals surface area (Å²) in [6.07, 6.45) is 2.89. The number of halogens is 1. The summed E-state index contributed by atoms with van der Waals surface area (Å²) in [5.41, 5.74) is 0.273. The summed E-state index contributed by atoms with van der Waals surface area (Å²) in [6.45, 7) is 0.315. The molecule has 1 aromatic rings. The largest absolute Gasteiger partial charge is 0.381 e. The van der Waals surface area contributed by atoms with E-state index in [1.54, 1.807) is 7.05 Å². The molecule has 0 bridgehead atoms. The molecule has 0 aromatic carbocycles. The van der Waals surface area contributed by atoms with Crippen LogP contribution in [0.4, 0.5) is 5.69 Å². The van der Waals surface area contributed by atoms with Crippen LogP contribution in [0.1, 0.15) is 12.8 Å². The van der Waals surface area contributed by atoms with E-state index in [1.807, 2.05) is 0 Å². The molecule has 6 nitrogen and oxygen atoms in total. The Balaban J connectivity index is 2.12. The highest BCUT2D eigenvalue weighted by Gasteiger charge is 2.31. The molecule has 1 N–H and O–H groups in total. The van der Waals surface area contributed by atoms with E-state index in [9.17, 15) is 13.2 Å². The number of sulfone groups is 1. The van der Waals surface area contributed by atoms with Crippen LogP contribution in [0, 0.1) is 0 Å². The monoisotopic (exact) mass is 335 g/mol. The fraction of sp³-hybridized carbons (Fsp3) is 0.600. The first kappa shape index (κ1) is 13.5. The predicted molar refractivity (Wildman–Crippen MR) is 72.5 cm³/mol. The van der Waals surface area contributed by atoms with Gasteiger partial charge in [-0.05, 0) is 28.8 Å². The molecule has 1 aliphatic rings. The molecule has 1 fully saturated rings. The van der Waals surface area contributed by atoms with Crippen LogP contribution in [0.2, 0.25) is 0 Å². The Kier molecular flexibility index (Phi) is 3.76. The summed E-state index contributed by atoms with van der Waals surface area (Å²) in [5, 5.41) is 6.49.